The molecular formula is C20H25ClN2O4S. The third-order valence-corrected chi connectivity index (χ3v) is 6.13. The van der Waals surface area contributed by atoms with Crippen LogP contribution in [0.3, 0.4) is 0 Å². The maximum Gasteiger partial charge on any atom is 0.241 e. The second-order valence-electron chi connectivity index (χ2n) is 6.77. The van der Waals surface area contributed by atoms with Crippen LogP contribution in [-0.4, -0.2) is 27.5 Å². The first-order valence-electron chi connectivity index (χ1n) is 8.87. The normalized spacial score (nSPS) is 13.8. The molecule has 0 aliphatic heterocycles. The molecule has 6 nitrogen and oxygen atoms in total. The van der Waals surface area contributed by atoms with Gasteiger partial charge in [-0.25, -0.2) is 8.42 Å². The van der Waals surface area contributed by atoms with Crippen LogP contribution in [0, 0.1) is 5.92 Å². The summed E-state index contributed by atoms with van der Waals surface area (Å²) in [6.45, 7) is 5.36. The molecule has 2 unspecified atom stereocenters. The summed E-state index contributed by atoms with van der Waals surface area (Å²) in [7, 11) is -2.37. The lowest BCUT2D eigenvalue weighted by molar-refractivity contribution is -0.124. The Labute approximate surface area is 171 Å². The van der Waals surface area contributed by atoms with Crippen LogP contribution >= 0.6 is 11.6 Å². The Hall–Kier alpha value is -2.09. The Morgan fingerprint density at radius 2 is 1.64 bits per heavy atom. The van der Waals surface area contributed by atoms with Gasteiger partial charge in [0, 0.05) is 5.02 Å². The Morgan fingerprint density at radius 3 is 2.18 bits per heavy atom. The van der Waals surface area contributed by atoms with Crippen LogP contribution in [0.5, 0.6) is 5.75 Å². The Morgan fingerprint density at radius 1 is 1.04 bits per heavy atom. The number of amides is 1. The van der Waals surface area contributed by atoms with Crippen LogP contribution in [0.4, 0.5) is 0 Å². The van der Waals surface area contributed by atoms with Gasteiger partial charge in [-0.2, -0.15) is 4.72 Å². The number of ether oxygens (including phenoxy) is 1. The molecule has 0 radical (unpaired) electrons. The highest BCUT2D eigenvalue weighted by Crippen LogP contribution is 2.23. The maximum atomic E-state index is 12.8. The number of benzene rings is 2. The van der Waals surface area contributed by atoms with E-state index in [1.807, 2.05) is 12.1 Å². The van der Waals surface area contributed by atoms with E-state index in [1.165, 1.54) is 19.2 Å². The molecule has 2 rings (SSSR count). The first-order valence-corrected chi connectivity index (χ1v) is 10.7. The van der Waals surface area contributed by atoms with Crippen LogP contribution in [0.25, 0.3) is 0 Å². The first-order chi connectivity index (χ1) is 13.2. The summed E-state index contributed by atoms with van der Waals surface area (Å²) in [6.07, 6.45) is 0. The van der Waals surface area contributed by atoms with E-state index in [9.17, 15) is 13.2 Å². The fourth-order valence-electron chi connectivity index (χ4n) is 2.69. The van der Waals surface area contributed by atoms with Crippen molar-refractivity contribution in [2.75, 3.05) is 7.11 Å². The van der Waals surface area contributed by atoms with E-state index in [-0.39, 0.29) is 16.9 Å². The first kappa shape index (κ1) is 22.2. The molecule has 0 heterocycles. The fourth-order valence-corrected chi connectivity index (χ4v) is 4.33. The van der Waals surface area contributed by atoms with Gasteiger partial charge in [-0.3, -0.25) is 4.79 Å². The van der Waals surface area contributed by atoms with Crippen molar-refractivity contribution in [2.45, 2.75) is 37.8 Å². The van der Waals surface area contributed by atoms with E-state index < -0.39 is 22.0 Å². The monoisotopic (exact) mass is 424 g/mol. The molecule has 2 atom stereocenters. The standard InChI is InChI=1S/C20H25ClN2O4S/c1-13(2)19(20(24)22-14(3)17-7-5-6-8-18(17)21)23-28(25,26)16-11-9-15(27-4)10-12-16/h5-14,19,23H,1-4H3,(H,22,24). The van der Waals surface area contributed by atoms with Gasteiger partial charge in [0.2, 0.25) is 15.9 Å². The molecule has 0 spiro atoms. The summed E-state index contributed by atoms with van der Waals surface area (Å²) in [4.78, 5) is 12.8. The number of hydrogen-bond acceptors (Lipinski definition) is 4. The zero-order chi connectivity index (χ0) is 20.9. The summed E-state index contributed by atoms with van der Waals surface area (Å²) in [6, 6.07) is 11.9. The number of nitrogens with one attached hydrogen (secondary N) is 2. The summed E-state index contributed by atoms with van der Waals surface area (Å²) in [5.41, 5.74) is 0.762. The van der Waals surface area contributed by atoms with Crippen molar-refractivity contribution in [1.29, 1.82) is 0 Å². The zero-order valence-corrected chi connectivity index (χ0v) is 17.8. The highest BCUT2D eigenvalue weighted by molar-refractivity contribution is 7.89. The van der Waals surface area contributed by atoms with E-state index in [1.54, 1.807) is 45.0 Å². The van der Waals surface area contributed by atoms with Gasteiger partial charge in [0.15, 0.2) is 0 Å². The average molecular weight is 425 g/mol. The molecule has 0 bridgehead atoms. The summed E-state index contributed by atoms with van der Waals surface area (Å²) < 4.78 is 33.0. The second-order valence-corrected chi connectivity index (χ2v) is 8.89. The van der Waals surface area contributed by atoms with E-state index in [0.29, 0.717) is 10.8 Å². The van der Waals surface area contributed by atoms with E-state index >= 15 is 0 Å². The zero-order valence-electron chi connectivity index (χ0n) is 16.3. The van der Waals surface area contributed by atoms with Crippen molar-refractivity contribution in [3.63, 3.8) is 0 Å². The number of sulfonamides is 1. The summed E-state index contributed by atoms with van der Waals surface area (Å²) in [5.74, 6) is -0.128. The molecule has 2 aromatic carbocycles. The molecule has 0 aliphatic carbocycles. The van der Waals surface area contributed by atoms with Crippen molar-refractivity contribution in [2.24, 2.45) is 5.92 Å². The third kappa shape index (κ3) is 5.47. The lowest BCUT2D eigenvalue weighted by Gasteiger charge is -2.24. The topological polar surface area (TPSA) is 84.5 Å². The molecule has 0 aliphatic rings. The molecule has 8 heteroatoms. The van der Waals surface area contributed by atoms with Gasteiger partial charge >= 0.3 is 0 Å². The van der Waals surface area contributed by atoms with Crippen LogP contribution in [-0.2, 0) is 14.8 Å². The van der Waals surface area contributed by atoms with Gasteiger partial charge in [-0.1, -0.05) is 43.6 Å². The molecule has 152 valence electrons. The highest BCUT2D eigenvalue weighted by Gasteiger charge is 2.29. The van der Waals surface area contributed by atoms with E-state index in [2.05, 4.69) is 10.0 Å². The average Bonchev–Trinajstić information content (AvgIpc) is 2.66. The SMILES string of the molecule is COc1ccc(S(=O)(=O)NC(C(=O)NC(C)c2ccccc2Cl)C(C)C)cc1. The molecule has 0 saturated heterocycles. The number of halogens is 1. The predicted molar refractivity (Wildman–Crippen MR) is 110 cm³/mol. The minimum Gasteiger partial charge on any atom is -0.497 e. The molecule has 0 aromatic heterocycles. The van der Waals surface area contributed by atoms with Crippen molar-refractivity contribution in [3.05, 3.63) is 59.1 Å². The van der Waals surface area contributed by atoms with Crippen molar-refractivity contribution in [1.82, 2.24) is 10.0 Å². The van der Waals surface area contributed by atoms with Crippen molar-refractivity contribution in [3.8, 4) is 5.75 Å². The summed E-state index contributed by atoms with van der Waals surface area (Å²) in [5, 5.41) is 3.38. The molecule has 0 fully saturated rings. The number of carbonyl (C=O) groups excluding carboxylic acids is 1. The maximum absolute atomic E-state index is 12.8. The minimum atomic E-state index is -3.88. The van der Waals surface area contributed by atoms with Crippen molar-refractivity contribution < 1.29 is 17.9 Å². The van der Waals surface area contributed by atoms with E-state index in [4.69, 9.17) is 16.3 Å². The number of methoxy groups -OCH3 is 1. The second kappa shape index (κ2) is 9.41. The molecule has 2 N–H and O–H groups in total. The van der Waals surface area contributed by atoms with Gasteiger partial charge in [0.25, 0.3) is 0 Å². The molecule has 1 amide bonds. The Bertz CT molecular complexity index is 914. The van der Waals surface area contributed by atoms with Crippen LogP contribution in [0.1, 0.15) is 32.4 Å². The minimum absolute atomic E-state index is 0.0610. The summed E-state index contributed by atoms with van der Waals surface area (Å²) >= 11 is 6.18. The third-order valence-electron chi connectivity index (χ3n) is 4.33. The van der Waals surface area contributed by atoms with Gasteiger partial charge in [-0.05, 0) is 48.7 Å². The largest absolute Gasteiger partial charge is 0.497 e. The van der Waals surface area contributed by atoms with Crippen molar-refractivity contribution >= 4 is 27.5 Å². The van der Waals surface area contributed by atoms with Crippen LogP contribution < -0.4 is 14.8 Å². The van der Waals surface area contributed by atoms with Gasteiger partial charge < -0.3 is 10.1 Å². The number of rotatable bonds is 8. The Balaban J connectivity index is 2.17. The smallest absolute Gasteiger partial charge is 0.241 e. The fraction of sp³-hybridized carbons (Fsp3) is 0.350. The van der Waals surface area contributed by atoms with Crippen LogP contribution in [0.2, 0.25) is 5.02 Å². The predicted octanol–water partition coefficient (Wildman–Crippen LogP) is 3.53. The highest BCUT2D eigenvalue weighted by atomic mass is 35.5. The molecule has 0 saturated carbocycles. The van der Waals surface area contributed by atoms with Gasteiger partial charge in [-0.15, -0.1) is 0 Å². The molecular weight excluding hydrogens is 400 g/mol. The Kier molecular flexibility index (Phi) is 7.46. The number of hydrogen-bond donors (Lipinski definition) is 2. The van der Waals surface area contributed by atoms with Crippen LogP contribution in [0.15, 0.2) is 53.4 Å². The lowest BCUT2D eigenvalue weighted by Crippen LogP contribution is -2.50. The quantitative estimate of drug-likeness (QED) is 0.678. The molecule has 28 heavy (non-hydrogen) atoms. The van der Waals surface area contributed by atoms with E-state index in [0.717, 1.165) is 5.56 Å². The van der Waals surface area contributed by atoms with Gasteiger partial charge in [0.05, 0.1) is 18.0 Å². The number of carbonyl (C=O) groups is 1. The van der Waals surface area contributed by atoms with Gasteiger partial charge in [0.1, 0.15) is 11.8 Å². The molecule has 2 aromatic rings. The lowest BCUT2D eigenvalue weighted by atomic mass is 10.0.